The van der Waals surface area contributed by atoms with E-state index in [0.717, 1.165) is 32.6 Å². The molecular formula is C10H18N2O2. The van der Waals surface area contributed by atoms with Crippen molar-refractivity contribution in [1.29, 1.82) is 0 Å². The number of piperidine rings is 1. The van der Waals surface area contributed by atoms with Gasteiger partial charge in [0.2, 0.25) is 0 Å². The van der Waals surface area contributed by atoms with Gasteiger partial charge < -0.3 is 15.3 Å². The van der Waals surface area contributed by atoms with E-state index in [-0.39, 0.29) is 5.92 Å². The molecule has 4 nitrogen and oxygen atoms in total. The molecule has 2 atom stereocenters. The monoisotopic (exact) mass is 198 g/mol. The Morgan fingerprint density at radius 2 is 2.14 bits per heavy atom. The molecule has 0 aromatic heterocycles. The molecule has 2 unspecified atom stereocenters. The molecule has 1 aliphatic heterocycles. The molecule has 80 valence electrons. The van der Waals surface area contributed by atoms with Gasteiger partial charge in [-0.05, 0) is 38.4 Å². The number of carboxylic acid groups (broad SMARTS) is 1. The van der Waals surface area contributed by atoms with E-state index in [9.17, 15) is 4.79 Å². The van der Waals surface area contributed by atoms with Gasteiger partial charge in [0.05, 0.1) is 5.92 Å². The fourth-order valence-electron chi connectivity index (χ4n) is 2.64. The zero-order chi connectivity index (χ0) is 10.1. The minimum atomic E-state index is -0.588. The van der Waals surface area contributed by atoms with E-state index in [1.807, 2.05) is 7.05 Å². The molecule has 2 rings (SSSR count). The molecule has 14 heavy (non-hydrogen) atoms. The Balaban J connectivity index is 1.66. The molecule has 0 amide bonds. The van der Waals surface area contributed by atoms with E-state index in [1.54, 1.807) is 0 Å². The van der Waals surface area contributed by atoms with E-state index in [1.165, 1.54) is 0 Å². The van der Waals surface area contributed by atoms with Gasteiger partial charge in [-0.25, -0.2) is 0 Å². The van der Waals surface area contributed by atoms with Crippen molar-refractivity contribution in [3.8, 4) is 0 Å². The Morgan fingerprint density at radius 3 is 2.64 bits per heavy atom. The summed E-state index contributed by atoms with van der Waals surface area (Å²) in [6.45, 7) is 4.17. The lowest BCUT2D eigenvalue weighted by Gasteiger charge is -2.18. The van der Waals surface area contributed by atoms with Crippen LogP contribution in [0.25, 0.3) is 0 Å². The highest BCUT2D eigenvalue weighted by Gasteiger charge is 2.59. The number of likely N-dealkylation sites (tertiary alicyclic amines) is 1. The number of hydrogen-bond acceptors (Lipinski definition) is 3. The summed E-state index contributed by atoms with van der Waals surface area (Å²) in [5.74, 6) is 0.314. The van der Waals surface area contributed by atoms with Crippen LogP contribution in [0.3, 0.4) is 0 Å². The first kappa shape index (κ1) is 9.93. The van der Waals surface area contributed by atoms with Gasteiger partial charge in [-0.1, -0.05) is 0 Å². The molecule has 2 aliphatic rings. The zero-order valence-electron chi connectivity index (χ0n) is 8.57. The maximum absolute atomic E-state index is 10.7. The number of aliphatic carboxylic acids is 1. The lowest BCUT2D eigenvalue weighted by atomic mass is 10.2. The van der Waals surface area contributed by atoms with E-state index in [4.69, 9.17) is 5.11 Å². The molecule has 0 bridgehead atoms. The Kier molecular flexibility index (Phi) is 2.74. The van der Waals surface area contributed by atoms with Crippen molar-refractivity contribution in [2.75, 3.05) is 33.2 Å². The van der Waals surface area contributed by atoms with Crippen LogP contribution in [-0.2, 0) is 4.79 Å². The summed E-state index contributed by atoms with van der Waals surface area (Å²) in [6, 6.07) is 0. The Labute approximate surface area is 84.3 Å². The van der Waals surface area contributed by atoms with Crippen LogP contribution in [0, 0.1) is 17.8 Å². The molecule has 0 radical (unpaired) electrons. The van der Waals surface area contributed by atoms with Gasteiger partial charge in [-0.3, -0.25) is 4.79 Å². The summed E-state index contributed by atoms with van der Waals surface area (Å²) in [6.07, 6.45) is 1.16. The standard InChI is InChI=1S/C10H18N2O2/c1-11-3-2-4-12-5-7-8(6-12)9(7)10(13)14/h7-9,11H,2-6H2,1H3,(H,13,14). The highest BCUT2D eigenvalue weighted by atomic mass is 16.4. The van der Waals surface area contributed by atoms with Crippen LogP contribution in [0.15, 0.2) is 0 Å². The van der Waals surface area contributed by atoms with Gasteiger partial charge in [-0.15, -0.1) is 0 Å². The second kappa shape index (κ2) is 3.87. The topological polar surface area (TPSA) is 52.6 Å². The zero-order valence-corrected chi connectivity index (χ0v) is 8.57. The van der Waals surface area contributed by atoms with Crippen LogP contribution < -0.4 is 5.32 Å². The Hall–Kier alpha value is -0.610. The van der Waals surface area contributed by atoms with E-state index in [0.29, 0.717) is 11.8 Å². The van der Waals surface area contributed by atoms with Crippen molar-refractivity contribution in [1.82, 2.24) is 10.2 Å². The van der Waals surface area contributed by atoms with E-state index < -0.39 is 5.97 Å². The summed E-state index contributed by atoms with van der Waals surface area (Å²) in [5.41, 5.74) is 0. The van der Waals surface area contributed by atoms with E-state index >= 15 is 0 Å². The second-order valence-corrected chi connectivity index (χ2v) is 4.41. The van der Waals surface area contributed by atoms with Crippen LogP contribution in [0.5, 0.6) is 0 Å². The fraction of sp³-hybridized carbons (Fsp3) is 0.900. The van der Waals surface area contributed by atoms with Crippen LogP contribution >= 0.6 is 0 Å². The first-order valence-corrected chi connectivity index (χ1v) is 5.34. The molecule has 2 fully saturated rings. The maximum atomic E-state index is 10.7. The van der Waals surface area contributed by atoms with Crippen LogP contribution in [-0.4, -0.2) is 49.2 Å². The highest BCUT2D eigenvalue weighted by Crippen LogP contribution is 2.51. The molecule has 1 heterocycles. The molecule has 0 aromatic rings. The Bertz CT molecular complexity index is 220. The van der Waals surface area contributed by atoms with Gasteiger partial charge >= 0.3 is 5.97 Å². The molecule has 0 aromatic carbocycles. The van der Waals surface area contributed by atoms with Crippen molar-refractivity contribution < 1.29 is 9.90 Å². The molecule has 1 aliphatic carbocycles. The lowest BCUT2D eigenvalue weighted by Crippen LogP contribution is -2.28. The minimum Gasteiger partial charge on any atom is -0.481 e. The number of carbonyl (C=O) groups is 1. The van der Waals surface area contributed by atoms with Crippen molar-refractivity contribution in [2.24, 2.45) is 17.8 Å². The smallest absolute Gasteiger partial charge is 0.307 e. The van der Waals surface area contributed by atoms with Crippen molar-refractivity contribution >= 4 is 5.97 Å². The van der Waals surface area contributed by atoms with Gasteiger partial charge in [0.25, 0.3) is 0 Å². The number of hydrogen-bond donors (Lipinski definition) is 2. The van der Waals surface area contributed by atoms with Crippen molar-refractivity contribution in [3.63, 3.8) is 0 Å². The van der Waals surface area contributed by atoms with Crippen LogP contribution in [0.2, 0.25) is 0 Å². The third kappa shape index (κ3) is 1.77. The average Bonchev–Trinajstić information content (AvgIpc) is 2.65. The summed E-state index contributed by atoms with van der Waals surface area (Å²) in [4.78, 5) is 13.1. The number of fused-ring (bicyclic) bond motifs is 1. The van der Waals surface area contributed by atoms with Gasteiger partial charge in [0.15, 0.2) is 0 Å². The molecule has 2 N–H and O–H groups in total. The van der Waals surface area contributed by atoms with Gasteiger partial charge in [-0.2, -0.15) is 0 Å². The lowest BCUT2D eigenvalue weighted by molar-refractivity contribution is -0.139. The predicted octanol–water partition coefficient (Wildman–Crippen LogP) is -0.142. The van der Waals surface area contributed by atoms with Crippen LogP contribution in [0.4, 0.5) is 0 Å². The summed E-state index contributed by atoms with van der Waals surface area (Å²) < 4.78 is 0. The number of rotatable bonds is 5. The third-order valence-corrected chi connectivity index (χ3v) is 3.46. The van der Waals surface area contributed by atoms with Gasteiger partial charge in [0.1, 0.15) is 0 Å². The molecular weight excluding hydrogens is 180 g/mol. The average molecular weight is 198 g/mol. The highest BCUT2D eigenvalue weighted by molar-refractivity contribution is 5.74. The van der Waals surface area contributed by atoms with Crippen molar-refractivity contribution in [2.45, 2.75) is 6.42 Å². The normalized spacial score (nSPS) is 35.6. The quantitative estimate of drug-likeness (QED) is 0.604. The number of nitrogens with zero attached hydrogens (tertiary/aromatic N) is 1. The first-order chi connectivity index (χ1) is 6.74. The summed E-state index contributed by atoms with van der Waals surface area (Å²) in [5, 5.41) is 12.0. The van der Waals surface area contributed by atoms with Crippen LogP contribution in [0.1, 0.15) is 6.42 Å². The molecule has 1 saturated carbocycles. The SMILES string of the molecule is CNCCCN1CC2C(C1)C2C(=O)O. The molecule has 0 spiro atoms. The third-order valence-electron chi connectivity index (χ3n) is 3.46. The predicted molar refractivity (Wildman–Crippen MR) is 53.1 cm³/mol. The first-order valence-electron chi connectivity index (χ1n) is 5.34. The largest absolute Gasteiger partial charge is 0.481 e. The second-order valence-electron chi connectivity index (χ2n) is 4.41. The molecule has 1 saturated heterocycles. The Morgan fingerprint density at radius 1 is 1.50 bits per heavy atom. The van der Waals surface area contributed by atoms with Gasteiger partial charge in [0, 0.05) is 13.1 Å². The van der Waals surface area contributed by atoms with E-state index in [2.05, 4.69) is 10.2 Å². The molecule has 4 heteroatoms. The van der Waals surface area contributed by atoms with Crippen molar-refractivity contribution in [3.05, 3.63) is 0 Å². The fourth-order valence-corrected chi connectivity index (χ4v) is 2.64. The summed E-state index contributed by atoms with van der Waals surface area (Å²) in [7, 11) is 1.96. The number of carboxylic acids is 1. The minimum absolute atomic E-state index is 0.0180. The number of nitrogens with one attached hydrogen (secondary N) is 1. The maximum Gasteiger partial charge on any atom is 0.307 e. The summed E-state index contributed by atoms with van der Waals surface area (Å²) >= 11 is 0.